The lowest BCUT2D eigenvalue weighted by Gasteiger charge is -2.25. The Morgan fingerprint density at radius 3 is 2.38 bits per heavy atom. The Bertz CT molecular complexity index is 764. The van der Waals surface area contributed by atoms with Crippen molar-refractivity contribution in [3.63, 3.8) is 0 Å². The van der Waals surface area contributed by atoms with Gasteiger partial charge in [0, 0.05) is 12.6 Å². The molecule has 0 radical (unpaired) electrons. The van der Waals surface area contributed by atoms with Gasteiger partial charge >= 0.3 is 0 Å². The van der Waals surface area contributed by atoms with Gasteiger partial charge in [0.05, 0.1) is 6.54 Å². The van der Waals surface area contributed by atoms with Gasteiger partial charge < -0.3 is 14.6 Å². The molecule has 0 fully saturated rings. The summed E-state index contributed by atoms with van der Waals surface area (Å²) in [5.41, 5.74) is 1.48. The monoisotopic (exact) mass is 356 g/mol. The van der Waals surface area contributed by atoms with Crippen molar-refractivity contribution in [2.75, 3.05) is 7.05 Å². The van der Waals surface area contributed by atoms with Crippen molar-refractivity contribution in [3.05, 3.63) is 59.0 Å². The summed E-state index contributed by atoms with van der Waals surface area (Å²) in [6.45, 7) is 8.21. The van der Waals surface area contributed by atoms with E-state index in [2.05, 4.69) is 5.32 Å². The summed E-state index contributed by atoms with van der Waals surface area (Å²) in [4.78, 5) is 27.2. The zero-order chi connectivity index (χ0) is 19.3. The number of rotatable bonds is 7. The van der Waals surface area contributed by atoms with Crippen LogP contribution in [0.15, 0.2) is 40.8 Å². The summed E-state index contributed by atoms with van der Waals surface area (Å²) in [6.07, 6.45) is 0.581. The van der Waals surface area contributed by atoms with Crippen LogP contribution < -0.4 is 5.32 Å². The lowest BCUT2D eigenvalue weighted by molar-refractivity contribution is -0.133. The molecular weight excluding hydrogens is 328 g/mol. The molecule has 1 aromatic carbocycles. The van der Waals surface area contributed by atoms with Crippen LogP contribution in [0.2, 0.25) is 0 Å². The van der Waals surface area contributed by atoms with Crippen LogP contribution in [0.1, 0.15) is 47.7 Å². The van der Waals surface area contributed by atoms with Gasteiger partial charge in [-0.2, -0.15) is 0 Å². The second kappa shape index (κ2) is 8.70. The molecule has 2 aromatic rings. The Labute approximate surface area is 155 Å². The van der Waals surface area contributed by atoms with E-state index in [1.807, 2.05) is 58.0 Å². The molecule has 1 unspecified atom stereocenters. The van der Waals surface area contributed by atoms with Crippen LogP contribution >= 0.6 is 0 Å². The minimum absolute atomic E-state index is 0.116. The number of benzene rings is 1. The lowest BCUT2D eigenvalue weighted by atomic mass is 10.0. The summed E-state index contributed by atoms with van der Waals surface area (Å²) >= 11 is 0. The van der Waals surface area contributed by atoms with Crippen molar-refractivity contribution >= 4 is 11.8 Å². The molecule has 1 N–H and O–H groups in total. The molecular formula is C21H28N2O3. The summed E-state index contributed by atoms with van der Waals surface area (Å²) in [5.74, 6) is 1.48. The van der Waals surface area contributed by atoms with Crippen molar-refractivity contribution in [2.24, 2.45) is 5.92 Å². The zero-order valence-electron chi connectivity index (χ0n) is 16.2. The highest BCUT2D eigenvalue weighted by Crippen LogP contribution is 2.14. The van der Waals surface area contributed by atoms with E-state index in [-0.39, 0.29) is 17.7 Å². The number of furan rings is 1. The SMILES string of the molecule is Cc1ccc(CN(C)C(=O)C(CC(C)C)NC(=O)c2ccccc2C)o1. The third kappa shape index (κ3) is 5.22. The second-order valence-corrected chi connectivity index (χ2v) is 7.18. The van der Waals surface area contributed by atoms with Crippen LogP contribution in [0.3, 0.4) is 0 Å². The Balaban J connectivity index is 2.11. The van der Waals surface area contributed by atoms with Gasteiger partial charge in [0.2, 0.25) is 5.91 Å². The summed E-state index contributed by atoms with van der Waals surface area (Å²) in [5, 5.41) is 2.92. The van der Waals surface area contributed by atoms with Crippen LogP contribution in [0.25, 0.3) is 0 Å². The maximum absolute atomic E-state index is 12.9. The van der Waals surface area contributed by atoms with Crippen molar-refractivity contribution in [3.8, 4) is 0 Å². The Hall–Kier alpha value is -2.56. The molecule has 5 nitrogen and oxygen atoms in total. The molecule has 2 amide bonds. The Kier molecular flexibility index (Phi) is 6.61. The molecule has 1 heterocycles. The molecule has 0 aliphatic rings. The number of hydrogen-bond acceptors (Lipinski definition) is 3. The molecule has 26 heavy (non-hydrogen) atoms. The predicted molar refractivity (Wildman–Crippen MR) is 102 cm³/mol. The predicted octanol–water partition coefficient (Wildman–Crippen LogP) is 3.70. The van der Waals surface area contributed by atoms with Crippen molar-refractivity contribution in [1.29, 1.82) is 0 Å². The van der Waals surface area contributed by atoms with Crippen LogP contribution in [-0.4, -0.2) is 29.8 Å². The third-order valence-electron chi connectivity index (χ3n) is 4.27. The van der Waals surface area contributed by atoms with E-state index in [0.717, 1.165) is 17.1 Å². The van der Waals surface area contributed by atoms with E-state index in [9.17, 15) is 9.59 Å². The number of nitrogens with one attached hydrogen (secondary N) is 1. The summed E-state index contributed by atoms with van der Waals surface area (Å²) in [7, 11) is 1.73. The number of likely N-dealkylation sites (N-methyl/N-ethyl adjacent to an activating group) is 1. The van der Waals surface area contributed by atoms with Crippen LogP contribution in [-0.2, 0) is 11.3 Å². The first-order valence-electron chi connectivity index (χ1n) is 8.94. The summed E-state index contributed by atoms with van der Waals surface area (Å²) in [6, 6.07) is 10.6. The fourth-order valence-electron chi connectivity index (χ4n) is 2.90. The average molecular weight is 356 g/mol. The normalized spacial score (nSPS) is 12.1. The van der Waals surface area contributed by atoms with Gasteiger partial charge in [0.15, 0.2) is 0 Å². The van der Waals surface area contributed by atoms with Crippen molar-refractivity contribution in [1.82, 2.24) is 10.2 Å². The van der Waals surface area contributed by atoms with E-state index in [4.69, 9.17) is 4.42 Å². The fraction of sp³-hybridized carbons (Fsp3) is 0.429. The third-order valence-corrected chi connectivity index (χ3v) is 4.27. The van der Waals surface area contributed by atoms with Crippen molar-refractivity contribution in [2.45, 2.75) is 46.7 Å². The Morgan fingerprint density at radius 1 is 1.12 bits per heavy atom. The highest BCUT2D eigenvalue weighted by molar-refractivity contribution is 5.98. The molecule has 1 aromatic heterocycles. The topological polar surface area (TPSA) is 62.6 Å². The molecule has 0 aliphatic heterocycles. The zero-order valence-corrected chi connectivity index (χ0v) is 16.2. The number of hydrogen-bond donors (Lipinski definition) is 1. The van der Waals surface area contributed by atoms with Crippen LogP contribution in [0, 0.1) is 19.8 Å². The van der Waals surface area contributed by atoms with Crippen molar-refractivity contribution < 1.29 is 14.0 Å². The standard InChI is InChI=1S/C21H28N2O3/c1-14(2)12-19(22-20(24)18-9-7-6-8-15(18)3)21(25)23(5)13-17-11-10-16(4)26-17/h6-11,14,19H,12-13H2,1-5H3,(H,22,24). The molecule has 140 valence electrons. The van der Waals surface area contributed by atoms with Gasteiger partial charge in [0.1, 0.15) is 17.6 Å². The number of aryl methyl sites for hydroxylation is 2. The minimum atomic E-state index is -0.567. The molecule has 2 rings (SSSR count). The Morgan fingerprint density at radius 2 is 1.81 bits per heavy atom. The maximum atomic E-state index is 12.9. The van der Waals surface area contributed by atoms with Gasteiger partial charge in [0.25, 0.3) is 5.91 Å². The molecule has 0 spiro atoms. The van der Waals surface area contributed by atoms with Gasteiger partial charge in [-0.05, 0) is 49.9 Å². The van der Waals surface area contributed by atoms with E-state index in [0.29, 0.717) is 18.5 Å². The van der Waals surface area contributed by atoms with E-state index >= 15 is 0 Å². The first-order chi connectivity index (χ1) is 12.3. The molecule has 0 saturated heterocycles. The first kappa shape index (κ1) is 19.8. The maximum Gasteiger partial charge on any atom is 0.252 e. The molecule has 5 heteroatoms. The highest BCUT2D eigenvalue weighted by atomic mass is 16.3. The van der Waals surface area contributed by atoms with Crippen LogP contribution in [0.5, 0.6) is 0 Å². The number of carbonyl (C=O) groups is 2. The minimum Gasteiger partial charge on any atom is -0.464 e. The fourth-order valence-corrected chi connectivity index (χ4v) is 2.90. The lowest BCUT2D eigenvalue weighted by Crippen LogP contribution is -2.47. The smallest absolute Gasteiger partial charge is 0.252 e. The first-order valence-corrected chi connectivity index (χ1v) is 8.94. The van der Waals surface area contributed by atoms with Gasteiger partial charge in [-0.1, -0.05) is 32.0 Å². The molecule has 0 saturated carbocycles. The highest BCUT2D eigenvalue weighted by Gasteiger charge is 2.26. The molecule has 0 bridgehead atoms. The number of nitrogens with zero attached hydrogens (tertiary/aromatic N) is 1. The summed E-state index contributed by atoms with van der Waals surface area (Å²) < 4.78 is 5.55. The van der Waals surface area contributed by atoms with Gasteiger partial charge in [-0.25, -0.2) is 0 Å². The van der Waals surface area contributed by atoms with Gasteiger partial charge in [-0.3, -0.25) is 9.59 Å². The average Bonchev–Trinajstić information content (AvgIpc) is 2.98. The number of amides is 2. The van der Waals surface area contributed by atoms with E-state index in [1.54, 1.807) is 18.0 Å². The number of carbonyl (C=O) groups excluding carboxylic acids is 2. The molecule has 1 atom stereocenters. The largest absolute Gasteiger partial charge is 0.464 e. The van der Waals surface area contributed by atoms with Gasteiger partial charge in [-0.15, -0.1) is 0 Å². The second-order valence-electron chi connectivity index (χ2n) is 7.18. The molecule has 0 aliphatic carbocycles. The quantitative estimate of drug-likeness (QED) is 0.823. The van der Waals surface area contributed by atoms with Crippen LogP contribution in [0.4, 0.5) is 0 Å². The van der Waals surface area contributed by atoms with E-state index < -0.39 is 6.04 Å². The van der Waals surface area contributed by atoms with E-state index in [1.165, 1.54) is 0 Å².